The van der Waals surface area contributed by atoms with E-state index in [0.717, 1.165) is 12.1 Å². The molecule has 116 valence electrons. The van der Waals surface area contributed by atoms with E-state index in [9.17, 15) is 13.6 Å². The van der Waals surface area contributed by atoms with Crippen molar-refractivity contribution in [3.63, 3.8) is 0 Å². The Balaban J connectivity index is 1.70. The van der Waals surface area contributed by atoms with Gasteiger partial charge in [0.2, 0.25) is 0 Å². The summed E-state index contributed by atoms with van der Waals surface area (Å²) in [6.07, 6.45) is 4.54. The summed E-state index contributed by atoms with van der Waals surface area (Å²) in [5, 5.41) is 8.85. The highest BCUT2D eigenvalue weighted by molar-refractivity contribution is 5.99. The zero-order valence-electron chi connectivity index (χ0n) is 11.6. The van der Waals surface area contributed by atoms with Crippen LogP contribution in [-0.4, -0.2) is 25.8 Å². The van der Waals surface area contributed by atoms with E-state index in [1.807, 2.05) is 0 Å². The molecule has 0 fully saturated rings. The maximum absolute atomic E-state index is 13.1. The molecule has 0 saturated carbocycles. The van der Waals surface area contributed by atoms with Crippen LogP contribution in [0.4, 0.5) is 25.1 Å². The summed E-state index contributed by atoms with van der Waals surface area (Å²) in [5.41, 5.74) is 0.114. The zero-order chi connectivity index (χ0) is 16.2. The Bertz CT molecular complexity index is 837. The van der Waals surface area contributed by atoms with E-state index < -0.39 is 17.7 Å². The number of carbonyl (C=O) groups excluding carboxylic acids is 1. The van der Waals surface area contributed by atoms with Crippen molar-refractivity contribution in [2.24, 2.45) is 0 Å². The van der Waals surface area contributed by atoms with Gasteiger partial charge in [-0.25, -0.2) is 28.2 Å². The lowest BCUT2D eigenvalue weighted by Crippen LogP contribution is -2.20. The van der Waals surface area contributed by atoms with E-state index in [0.29, 0.717) is 5.82 Å². The maximum Gasteiger partial charge on any atom is 0.324 e. The van der Waals surface area contributed by atoms with E-state index in [1.165, 1.54) is 23.1 Å². The molecule has 0 aliphatic carbocycles. The van der Waals surface area contributed by atoms with Crippen LogP contribution in [0.15, 0.2) is 49.1 Å². The second kappa shape index (κ2) is 6.18. The van der Waals surface area contributed by atoms with Gasteiger partial charge in [0.25, 0.3) is 0 Å². The van der Waals surface area contributed by atoms with E-state index in [1.54, 1.807) is 18.5 Å². The first-order valence-electron chi connectivity index (χ1n) is 6.47. The normalized spacial score (nSPS) is 10.3. The Kier molecular flexibility index (Phi) is 3.91. The fraction of sp³-hybridized carbons (Fsp3) is 0. The minimum atomic E-state index is -1.05. The highest BCUT2D eigenvalue weighted by Crippen LogP contribution is 2.14. The Hall–Kier alpha value is -3.36. The summed E-state index contributed by atoms with van der Waals surface area (Å²) in [6, 6.07) is 5.63. The molecule has 3 aromatic rings. The van der Waals surface area contributed by atoms with Crippen molar-refractivity contribution in [2.75, 3.05) is 10.6 Å². The largest absolute Gasteiger partial charge is 0.324 e. The van der Waals surface area contributed by atoms with E-state index >= 15 is 0 Å². The fourth-order valence-electron chi connectivity index (χ4n) is 1.80. The molecule has 0 unspecified atom stereocenters. The molecule has 0 bridgehead atoms. The number of hydrogen-bond donors (Lipinski definition) is 2. The fourth-order valence-corrected chi connectivity index (χ4v) is 1.80. The Labute approximate surface area is 129 Å². The molecule has 2 aromatic heterocycles. The van der Waals surface area contributed by atoms with E-state index in [4.69, 9.17) is 0 Å². The van der Waals surface area contributed by atoms with Crippen LogP contribution in [0.5, 0.6) is 0 Å². The summed E-state index contributed by atoms with van der Waals surface area (Å²) in [6.45, 7) is 0. The number of carbonyl (C=O) groups is 1. The maximum atomic E-state index is 13.1. The predicted molar refractivity (Wildman–Crippen MR) is 78.2 cm³/mol. The second-order valence-corrected chi connectivity index (χ2v) is 4.42. The number of aromatic nitrogens is 4. The van der Waals surface area contributed by atoms with Crippen LogP contribution in [-0.2, 0) is 0 Å². The Morgan fingerprint density at radius 3 is 2.70 bits per heavy atom. The van der Waals surface area contributed by atoms with Gasteiger partial charge in [0.05, 0.1) is 0 Å². The standard InChI is InChI=1S/C14H10F2N6O/c15-10-3-2-9(6-11(10)16)20-14(23)21-12-7-13(18-8-17-12)22-5-1-4-19-22/h1-8H,(H2,17,18,20,21,23). The summed E-state index contributed by atoms with van der Waals surface area (Å²) in [4.78, 5) is 19.8. The molecule has 2 amide bonds. The third kappa shape index (κ3) is 3.46. The quantitative estimate of drug-likeness (QED) is 0.778. The topological polar surface area (TPSA) is 84.7 Å². The number of rotatable bonds is 3. The van der Waals surface area contributed by atoms with E-state index in [-0.39, 0.29) is 11.5 Å². The van der Waals surface area contributed by atoms with Gasteiger partial charge < -0.3 is 5.32 Å². The van der Waals surface area contributed by atoms with Gasteiger partial charge in [-0.05, 0) is 18.2 Å². The third-order valence-electron chi connectivity index (χ3n) is 2.81. The lowest BCUT2D eigenvalue weighted by molar-refractivity contribution is 0.262. The van der Waals surface area contributed by atoms with Crippen molar-refractivity contribution in [1.29, 1.82) is 0 Å². The number of benzene rings is 1. The van der Waals surface area contributed by atoms with Crippen LogP contribution >= 0.6 is 0 Å². The Morgan fingerprint density at radius 2 is 1.96 bits per heavy atom. The van der Waals surface area contributed by atoms with Crippen LogP contribution in [0, 0.1) is 11.6 Å². The first kappa shape index (κ1) is 14.6. The van der Waals surface area contributed by atoms with Gasteiger partial charge in [-0.15, -0.1) is 0 Å². The molecule has 7 nitrogen and oxygen atoms in total. The molecule has 0 aliphatic rings. The monoisotopic (exact) mass is 316 g/mol. The van der Waals surface area contributed by atoms with Crippen LogP contribution in [0.25, 0.3) is 5.82 Å². The van der Waals surface area contributed by atoms with Crippen LogP contribution in [0.2, 0.25) is 0 Å². The summed E-state index contributed by atoms with van der Waals surface area (Å²) in [5.74, 6) is -1.35. The van der Waals surface area contributed by atoms with Gasteiger partial charge in [-0.3, -0.25) is 5.32 Å². The first-order valence-corrected chi connectivity index (χ1v) is 6.47. The van der Waals surface area contributed by atoms with Gasteiger partial charge in [-0.1, -0.05) is 0 Å². The van der Waals surface area contributed by atoms with Crippen molar-refractivity contribution in [2.45, 2.75) is 0 Å². The van der Waals surface area contributed by atoms with Gasteiger partial charge >= 0.3 is 6.03 Å². The molecular weight excluding hydrogens is 306 g/mol. The highest BCUT2D eigenvalue weighted by atomic mass is 19.2. The van der Waals surface area contributed by atoms with E-state index in [2.05, 4.69) is 25.7 Å². The summed E-state index contributed by atoms with van der Waals surface area (Å²) >= 11 is 0. The minimum absolute atomic E-state index is 0.114. The molecule has 0 aliphatic heterocycles. The average molecular weight is 316 g/mol. The molecule has 2 heterocycles. The number of nitrogens with one attached hydrogen (secondary N) is 2. The molecule has 3 rings (SSSR count). The van der Waals surface area contributed by atoms with Crippen molar-refractivity contribution in [1.82, 2.24) is 19.7 Å². The van der Waals surface area contributed by atoms with Crippen molar-refractivity contribution < 1.29 is 13.6 Å². The number of hydrogen-bond acceptors (Lipinski definition) is 4. The van der Waals surface area contributed by atoms with Crippen molar-refractivity contribution >= 4 is 17.5 Å². The molecule has 0 saturated heterocycles. The third-order valence-corrected chi connectivity index (χ3v) is 2.81. The van der Waals surface area contributed by atoms with Crippen LogP contribution < -0.4 is 10.6 Å². The number of anilines is 2. The highest BCUT2D eigenvalue weighted by Gasteiger charge is 2.08. The molecule has 1 aromatic carbocycles. The lowest BCUT2D eigenvalue weighted by atomic mass is 10.3. The molecule has 0 atom stereocenters. The SMILES string of the molecule is O=C(Nc1ccc(F)c(F)c1)Nc1cc(-n2cccn2)ncn1. The molecule has 2 N–H and O–H groups in total. The predicted octanol–water partition coefficient (Wildman–Crippen LogP) is 2.58. The molecular formula is C14H10F2N6O. The number of amides is 2. The van der Waals surface area contributed by atoms with Gasteiger partial charge in [0, 0.05) is 30.2 Å². The molecule has 9 heteroatoms. The minimum Gasteiger partial charge on any atom is -0.308 e. The number of halogens is 2. The average Bonchev–Trinajstić information content (AvgIpc) is 3.05. The van der Waals surface area contributed by atoms with Crippen molar-refractivity contribution in [3.05, 3.63) is 60.7 Å². The molecule has 0 radical (unpaired) electrons. The van der Waals surface area contributed by atoms with Crippen molar-refractivity contribution in [3.8, 4) is 5.82 Å². The van der Waals surface area contributed by atoms with Gasteiger partial charge in [-0.2, -0.15) is 5.10 Å². The van der Waals surface area contributed by atoms with Gasteiger partial charge in [0.1, 0.15) is 12.1 Å². The molecule has 0 spiro atoms. The second-order valence-electron chi connectivity index (χ2n) is 4.42. The molecule has 23 heavy (non-hydrogen) atoms. The van der Waals surface area contributed by atoms with Crippen LogP contribution in [0.3, 0.4) is 0 Å². The Morgan fingerprint density at radius 1 is 1.09 bits per heavy atom. The zero-order valence-corrected chi connectivity index (χ0v) is 11.6. The summed E-state index contributed by atoms with van der Waals surface area (Å²) in [7, 11) is 0. The van der Waals surface area contributed by atoms with Crippen LogP contribution in [0.1, 0.15) is 0 Å². The smallest absolute Gasteiger partial charge is 0.308 e. The lowest BCUT2D eigenvalue weighted by Gasteiger charge is -2.08. The first-order chi connectivity index (χ1) is 11.1. The van der Waals surface area contributed by atoms with Gasteiger partial charge in [0.15, 0.2) is 17.5 Å². The number of urea groups is 1. The number of nitrogens with zero attached hydrogens (tertiary/aromatic N) is 4. The summed E-state index contributed by atoms with van der Waals surface area (Å²) < 4.78 is 27.4.